The van der Waals surface area contributed by atoms with Crippen molar-refractivity contribution in [2.75, 3.05) is 30.5 Å². The van der Waals surface area contributed by atoms with E-state index >= 15 is 0 Å². The number of rotatable bonds is 8. The molecule has 18 heavy (non-hydrogen) atoms. The molecule has 0 amide bonds. The minimum Gasteiger partial charge on any atom is -0.380 e. The van der Waals surface area contributed by atoms with Crippen LogP contribution in [0.5, 0.6) is 0 Å². The van der Waals surface area contributed by atoms with Gasteiger partial charge in [-0.2, -0.15) is 0 Å². The fourth-order valence-corrected chi connectivity index (χ4v) is 1.76. The van der Waals surface area contributed by atoms with Crippen LogP contribution in [0.25, 0.3) is 0 Å². The number of nitrogens with one attached hydrogen (secondary N) is 2. The molecule has 1 heterocycles. The van der Waals surface area contributed by atoms with Gasteiger partial charge in [0.25, 0.3) is 0 Å². The Kier molecular flexibility index (Phi) is 7.12. The van der Waals surface area contributed by atoms with Crippen LogP contribution in [0.4, 0.5) is 11.6 Å². The smallest absolute Gasteiger partial charge is 0.161 e. The van der Waals surface area contributed by atoms with Gasteiger partial charge in [0.05, 0.1) is 16.7 Å². The molecular formula is C11H18Cl2N4O. The van der Waals surface area contributed by atoms with Crippen LogP contribution in [-0.4, -0.2) is 24.7 Å². The monoisotopic (exact) mass is 292 g/mol. The van der Waals surface area contributed by atoms with Gasteiger partial charge in [-0.3, -0.25) is 0 Å². The Bertz CT molecular complexity index is 376. The summed E-state index contributed by atoms with van der Waals surface area (Å²) in [6.45, 7) is 4.13. The molecule has 102 valence electrons. The predicted molar refractivity (Wildman–Crippen MR) is 76.3 cm³/mol. The first kappa shape index (κ1) is 15.3. The van der Waals surface area contributed by atoms with Gasteiger partial charge in [-0.25, -0.2) is 10.8 Å². The Hall–Kier alpha value is -0.750. The van der Waals surface area contributed by atoms with Crippen LogP contribution in [0, 0.1) is 0 Å². The van der Waals surface area contributed by atoms with E-state index in [0.717, 1.165) is 19.4 Å². The molecule has 0 unspecified atom stereocenters. The summed E-state index contributed by atoms with van der Waals surface area (Å²) in [4.78, 5) is 4.16. The molecule has 0 aliphatic carbocycles. The number of nitrogens with zero attached hydrogens (tertiary/aromatic N) is 1. The Labute approximate surface area is 117 Å². The molecule has 1 aromatic rings. The number of ether oxygens (including phenoxy) is 1. The average Bonchev–Trinajstić information content (AvgIpc) is 2.36. The van der Waals surface area contributed by atoms with Crippen molar-refractivity contribution in [1.29, 1.82) is 0 Å². The van der Waals surface area contributed by atoms with Crippen LogP contribution in [0.1, 0.15) is 19.8 Å². The highest BCUT2D eigenvalue weighted by atomic mass is 35.5. The number of unbranched alkanes of at least 4 members (excludes halogenated alkanes) is 1. The second-order valence-corrected chi connectivity index (χ2v) is 4.50. The van der Waals surface area contributed by atoms with E-state index in [-0.39, 0.29) is 0 Å². The normalized spacial score (nSPS) is 10.4. The lowest BCUT2D eigenvalue weighted by Gasteiger charge is -2.10. The number of halogens is 2. The van der Waals surface area contributed by atoms with Crippen molar-refractivity contribution in [3.63, 3.8) is 0 Å². The average molecular weight is 293 g/mol. The zero-order chi connectivity index (χ0) is 13.4. The third-order valence-electron chi connectivity index (χ3n) is 2.25. The Morgan fingerprint density at radius 3 is 2.67 bits per heavy atom. The molecule has 0 spiro atoms. The van der Waals surface area contributed by atoms with Crippen LogP contribution >= 0.6 is 23.2 Å². The highest BCUT2D eigenvalue weighted by molar-refractivity contribution is 6.37. The van der Waals surface area contributed by atoms with Crippen molar-refractivity contribution in [1.82, 2.24) is 4.98 Å². The summed E-state index contributed by atoms with van der Waals surface area (Å²) in [6, 6.07) is 1.59. The zero-order valence-corrected chi connectivity index (χ0v) is 11.8. The highest BCUT2D eigenvalue weighted by Gasteiger charge is 2.07. The van der Waals surface area contributed by atoms with E-state index in [1.54, 1.807) is 6.07 Å². The van der Waals surface area contributed by atoms with E-state index in [2.05, 4.69) is 22.7 Å². The third kappa shape index (κ3) is 4.86. The van der Waals surface area contributed by atoms with Gasteiger partial charge in [-0.15, -0.1) is 0 Å². The first-order valence-electron chi connectivity index (χ1n) is 5.83. The van der Waals surface area contributed by atoms with Crippen molar-refractivity contribution >= 4 is 34.8 Å². The second kappa shape index (κ2) is 8.37. The second-order valence-electron chi connectivity index (χ2n) is 3.69. The largest absolute Gasteiger partial charge is 0.380 e. The minimum absolute atomic E-state index is 0.382. The van der Waals surface area contributed by atoms with Crippen molar-refractivity contribution in [2.45, 2.75) is 19.8 Å². The maximum absolute atomic E-state index is 6.00. The zero-order valence-electron chi connectivity index (χ0n) is 10.3. The molecule has 4 N–H and O–H groups in total. The van der Waals surface area contributed by atoms with E-state index in [1.165, 1.54) is 0 Å². The summed E-state index contributed by atoms with van der Waals surface area (Å²) in [5.41, 5.74) is 2.41. The van der Waals surface area contributed by atoms with E-state index < -0.39 is 0 Å². The number of hydrogen-bond acceptors (Lipinski definition) is 5. The number of nitrogen functional groups attached to an aromatic ring is 1. The Balaban J connectivity index is 2.42. The molecule has 0 saturated heterocycles. The van der Waals surface area contributed by atoms with E-state index in [9.17, 15) is 0 Å². The molecule has 0 bridgehead atoms. The maximum Gasteiger partial charge on any atom is 0.161 e. The molecule has 1 aromatic heterocycles. The summed E-state index contributed by atoms with van der Waals surface area (Å²) in [6.07, 6.45) is 2.20. The molecule has 0 saturated carbocycles. The van der Waals surface area contributed by atoms with E-state index in [0.29, 0.717) is 34.8 Å². The molecule has 5 nitrogen and oxygen atoms in total. The number of aromatic nitrogens is 1. The first-order chi connectivity index (χ1) is 8.69. The Morgan fingerprint density at radius 1 is 1.28 bits per heavy atom. The van der Waals surface area contributed by atoms with Crippen molar-refractivity contribution < 1.29 is 4.74 Å². The van der Waals surface area contributed by atoms with Gasteiger partial charge in [0.15, 0.2) is 5.82 Å². The third-order valence-corrected chi connectivity index (χ3v) is 2.82. The summed E-state index contributed by atoms with van der Waals surface area (Å²) in [5, 5.41) is 3.90. The van der Waals surface area contributed by atoms with Crippen LogP contribution in [0.3, 0.4) is 0 Å². The van der Waals surface area contributed by atoms with Crippen LogP contribution in [0.2, 0.25) is 10.0 Å². The van der Waals surface area contributed by atoms with Gasteiger partial charge in [0, 0.05) is 13.2 Å². The Morgan fingerprint density at radius 2 is 2.00 bits per heavy atom. The molecule has 0 fully saturated rings. The van der Waals surface area contributed by atoms with Crippen molar-refractivity contribution in [3.05, 3.63) is 16.1 Å². The van der Waals surface area contributed by atoms with E-state index in [1.807, 2.05) is 0 Å². The minimum atomic E-state index is 0.382. The molecule has 0 aliphatic rings. The van der Waals surface area contributed by atoms with Gasteiger partial charge >= 0.3 is 0 Å². The fourth-order valence-electron chi connectivity index (χ4n) is 1.28. The maximum atomic E-state index is 6.00. The fraction of sp³-hybridized carbons (Fsp3) is 0.545. The highest BCUT2D eigenvalue weighted by Crippen LogP contribution is 2.28. The quantitative estimate of drug-likeness (QED) is 0.390. The van der Waals surface area contributed by atoms with Crippen molar-refractivity contribution in [2.24, 2.45) is 5.84 Å². The molecule has 0 radical (unpaired) electrons. The predicted octanol–water partition coefficient (Wildman–Crippen LogP) is 2.90. The lowest BCUT2D eigenvalue weighted by Crippen LogP contribution is -2.14. The molecule has 0 aliphatic heterocycles. The van der Waals surface area contributed by atoms with Gasteiger partial charge < -0.3 is 15.5 Å². The number of hydrazine groups is 1. The molecule has 0 atom stereocenters. The first-order valence-corrected chi connectivity index (χ1v) is 6.59. The van der Waals surface area contributed by atoms with Crippen LogP contribution in [0.15, 0.2) is 6.07 Å². The molecule has 0 aromatic carbocycles. The SMILES string of the molecule is CCCCOCCNc1nc(NN)c(Cl)cc1Cl. The standard InChI is InChI=1S/C11H18Cl2N4O/c1-2-3-5-18-6-4-15-10-8(12)7-9(13)11(16-10)17-14/h7H,2-6,14H2,1H3,(H2,15,16,17). The molecular weight excluding hydrogens is 275 g/mol. The lowest BCUT2D eigenvalue weighted by atomic mass is 10.4. The van der Waals surface area contributed by atoms with Gasteiger partial charge in [0.1, 0.15) is 5.82 Å². The number of hydrogen-bond donors (Lipinski definition) is 3. The number of nitrogens with two attached hydrogens (primary N) is 1. The molecule has 7 heteroatoms. The van der Waals surface area contributed by atoms with Gasteiger partial charge in [-0.05, 0) is 12.5 Å². The summed E-state index contributed by atoms with van der Waals surface area (Å²) < 4.78 is 5.42. The summed E-state index contributed by atoms with van der Waals surface area (Å²) >= 11 is 11.9. The van der Waals surface area contributed by atoms with Gasteiger partial charge in [-0.1, -0.05) is 36.5 Å². The van der Waals surface area contributed by atoms with Crippen LogP contribution in [-0.2, 0) is 4.74 Å². The van der Waals surface area contributed by atoms with Crippen LogP contribution < -0.4 is 16.6 Å². The van der Waals surface area contributed by atoms with Crippen molar-refractivity contribution in [3.8, 4) is 0 Å². The topological polar surface area (TPSA) is 72.2 Å². The lowest BCUT2D eigenvalue weighted by molar-refractivity contribution is 0.141. The summed E-state index contributed by atoms with van der Waals surface area (Å²) in [7, 11) is 0. The number of anilines is 2. The number of pyridine rings is 1. The van der Waals surface area contributed by atoms with Gasteiger partial charge in [0.2, 0.25) is 0 Å². The molecule has 1 rings (SSSR count). The van der Waals surface area contributed by atoms with E-state index in [4.69, 9.17) is 33.8 Å². The summed E-state index contributed by atoms with van der Waals surface area (Å²) in [5.74, 6) is 6.21.